The number of alkyl halides is 3. The zero-order chi connectivity index (χ0) is 15.1. The predicted molar refractivity (Wildman–Crippen MR) is 72.1 cm³/mol. The summed E-state index contributed by atoms with van der Waals surface area (Å²) in [6.07, 6.45) is -3.56. The van der Waals surface area contributed by atoms with E-state index >= 15 is 0 Å². The molecule has 0 spiro atoms. The standard InChI is InChI=1S/C11H6BrF4N3S/c12-8-5(10(17)20)1-2-6(9(8)13)19-4-3-7(18-19)11(14,15)16/h1-4H,(H2,17,20). The normalized spacial score (nSPS) is 11.7. The molecule has 0 atom stereocenters. The minimum Gasteiger partial charge on any atom is -0.389 e. The van der Waals surface area contributed by atoms with Crippen LogP contribution >= 0.6 is 28.1 Å². The van der Waals surface area contributed by atoms with Crippen LogP contribution < -0.4 is 5.73 Å². The van der Waals surface area contributed by atoms with Crippen molar-refractivity contribution < 1.29 is 17.6 Å². The van der Waals surface area contributed by atoms with Crippen molar-refractivity contribution in [3.05, 3.63) is 45.9 Å². The topological polar surface area (TPSA) is 43.8 Å². The molecule has 0 unspecified atom stereocenters. The lowest BCUT2D eigenvalue weighted by Crippen LogP contribution is -2.12. The molecule has 0 bridgehead atoms. The van der Waals surface area contributed by atoms with Crippen molar-refractivity contribution in [2.75, 3.05) is 0 Å². The monoisotopic (exact) mass is 367 g/mol. The van der Waals surface area contributed by atoms with Crippen LogP contribution in [0.4, 0.5) is 17.6 Å². The highest BCUT2D eigenvalue weighted by atomic mass is 79.9. The third-order valence-electron chi connectivity index (χ3n) is 2.45. The Hall–Kier alpha value is -1.48. The van der Waals surface area contributed by atoms with E-state index in [0.29, 0.717) is 0 Å². The first kappa shape index (κ1) is 14.9. The molecular formula is C11H6BrF4N3S. The van der Waals surface area contributed by atoms with Gasteiger partial charge in [0.2, 0.25) is 0 Å². The number of hydrogen-bond donors (Lipinski definition) is 1. The average molecular weight is 368 g/mol. The zero-order valence-electron chi connectivity index (χ0n) is 9.58. The fraction of sp³-hybridized carbons (Fsp3) is 0.0909. The molecule has 0 aliphatic carbocycles. The van der Waals surface area contributed by atoms with Crippen molar-refractivity contribution in [1.29, 1.82) is 0 Å². The average Bonchev–Trinajstić information content (AvgIpc) is 2.81. The Bertz CT molecular complexity index is 681. The van der Waals surface area contributed by atoms with Gasteiger partial charge in [-0.3, -0.25) is 0 Å². The quantitative estimate of drug-likeness (QED) is 0.653. The van der Waals surface area contributed by atoms with Crippen molar-refractivity contribution in [3.63, 3.8) is 0 Å². The van der Waals surface area contributed by atoms with E-state index in [1.807, 2.05) is 0 Å². The van der Waals surface area contributed by atoms with Crippen LogP contribution in [0.1, 0.15) is 11.3 Å². The Balaban J connectivity index is 2.52. The molecule has 0 amide bonds. The van der Waals surface area contributed by atoms with Gasteiger partial charge in [0.25, 0.3) is 0 Å². The summed E-state index contributed by atoms with van der Waals surface area (Å²) in [4.78, 5) is -0.0289. The van der Waals surface area contributed by atoms with Gasteiger partial charge in [-0.25, -0.2) is 9.07 Å². The molecule has 0 saturated heterocycles. The summed E-state index contributed by atoms with van der Waals surface area (Å²) in [5, 5.41) is 3.29. The predicted octanol–water partition coefficient (Wildman–Crippen LogP) is 3.43. The molecule has 0 aliphatic heterocycles. The molecule has 1 aromatic heterocycles. The Labute approximate surface area is 124 Å². The van der Waals surface area contributed by atoms with Crippen LogP contribution in [-0.2, 0) is 6.18 Å². The van der Waals surface area contributed by atoms with Crippen molar-refractivity contribution in [3.8, 4) is 5.69 Å². The van der Waals surface area contributed by atoms with E-state index in [4.69, 9.17) is 18.0 Å². The van der Waals surface area contributed by atoms with E-state index in [0.717, 1.165) is 16.9 Å². The highest BCUT2D eigenvalue weighted by Crippen LogP contribution is 2.30. The van der Waals surface area contributed by atoms with Crippen LogP contribution in [0.2, 0.25) is 0 Å². The van der Waals surface area contributed by atoms with Gasteiger partial charge in [-0.05, 0) is 34.1 Å². The molecule has 1 aromatic carbocycles. The first-order chi connectivity index (χ1) is 9.21. The molecule has 2 aromatic rings. The molecule has 3 nitrogen and oxygen atoms in total. The van der Waals surface area contributed by atoms with Crippen molar-refractivity contribution in [2.45, 2.75) is 6.18 Å². The Morgan fingerprint density at radius 1 is 1.30 bits per heavy atom. The molecular weight excluding hydrogens is 362 g/mol. The minimum absolute atomic E-state index is 0.0217. The number of nitrogens with two attached hydrogens (primary N) is 1. The maximum atomic E-state index is 14.1. The fourth-order valence-electron chi connectivity index (χ4n) is 1.52. The van der Waals surface area contributed by atoms with E-state index in [2.05, 4.69) is 21.0 Å². The summed E-state index contributed by atoms with van der Waals surface area (Å²) in [7, 11) is 0. The van der Waals surface area contributed by atoms with Gasteiger partial charge >= 0.3 is 6.18 Å². The molecule has 106 valence electrons. The van der Waals surface area contributed by atoms with Crippen LogP contribution in [0, 0.1) is 5.82 Å². The van der Waals surface area contributed by atoms with Gasteiger partial charge in [0, 0.05) is 11.8 Å². The van der Waals surface area contributed by atoms with Crippen molar-refractivity contribution >= 4 is 33.1 Å². The van der Waals surface area contributed by atoms with Gasteiger partial charge in [-0.15, -0.1) is 0 Å². The largest absolute Gasteiger partial charge is 0.435 e. The highest BCUT2D eigenvalue weighted by molar-refractivity contribution is 9.10. The van der Waals surface area contributed by atoms with E-state index in [1.54, 1.807) is 0 Å². The second kappa shape index (κ2) is 5.13. The number of rotatable bonds is 2. The third kappa shape index (κ3) is 2.68. The minimum atomic E-state index is -4.59. The summed E-state index contributed by atoms with van der Waals surface area (Å²) >= 11 is 7.70. The number of halogens is 5. The second-order valence-electron chi connectivity index (χ2n) is 3.77. The molecule has 2 rings (SSSR count). The van der Waals surface area contributed by atoms with Crippen LogP contribution in [0.5, 0.6) is 0 Å². The SMILES string of the molecule is NC(=S)c1ccc(-n2ccc(C(F)(F)F)n2)c(F)c1Br. The lowest BCUT2D eigenvalue weighted by molar-refractivity contribution is -0.141. The first-order valence-electron chi connectivity index (χ1n) is 5.13. The highest BCUT2D eigenvalue weighted by Gasteiger charge is 2.33. The smallest absolute Gasteiger partial charge is 0.389 e. The number of hydrogen-bond acceptors (Lipinski definition) is 2. The van der Waals surface area contributed by atoms with E-state index in [9.17, 15) is 17.6 Å². The summed E-state index contributed by atoms with van der Waals surface area (Å²) in [5.74, 6) is -0.799. The Morgan fingerprint density at radius 2 is 1.95 bits per heavy atom. The number of aromatic nitrogens is 2. The molecule has 20 heavy (non-hydrogen) atoms. The number of benzene rings is 1. The zero-order valence-corrected chi connectivity index (χ0v) is 12.0. The van der Waals surface area contributed by atoms with E-state index in [-0.39, 0.29) is 20.7 Å². The van der Waals surface area contributed by atoms with Gasteiger partial charge in [0.1, 0.15) is 10.7 Å². The number of thiocarbonyl (C=S) groups is 1. The second-order valence-corrected chi connectivity index (χ2v) is 5.00. The first-order valence-corrected chi connectivity index (χ1v) is 6.33. The van der Waals surface area contributed by atoms with Crippen molar-refractivity contribution in [2.24, 2.45) is 5.73 Å². The van der Waals surface area contributed by atoms with Crippen LogP contribution in [0.15, 0.2) is 28.9 Å². The summed E-state index contributed by atoms with van der Waals surface area (Å²) in [5.41, 5.74) is 4.40. The maximum Gasteiger partial charge on any atom is 0.435 e. The molecule has 9 heteroatoms. The van der Waals surface area contributed by atoms with Crippen LogP contribution in [0.3, 0.4) is 0 Å². The lowest BCUT2D eigenvalue weighted by Gasteiger charge is -2.09. The fourth-order valence-corrected chi connectivity index (χ4v) is 2.37. The molecule has 0 saturated carbocycles. The third-order valence-corrected chi connectivity index (χ3v) is 3.45. The molecule has 0 radical (unpaired) electrons. The van der Waals surface area contributed by atoms with Gasteiger partial charge < -0.3 is 5.73 Å². The van der Waals surface area contributed by atoms with Crippen molar-refractivity contribution in [1.82, 2.24) is 9.78 Å². The van der Waals surface area contributed by atoms with Gasteiger partial charge in [-0.2, -0.15) is 18.3 Å². The van der Waals surface area contributed by atoms with Crippen LogP contribution in [0.25, 0.3) is 5.69 Å². The van der Waals surface area contributed by atoms with Gasteiger partial charge in [0.15, 0.2) is 11.5 Å². The number of nitrogens with zero attached hydrogens (tertiary/aromatic N) is 2. The molecule has 1 heterocycles. The molecule has 2 N–H and O–H groups in total. The summed E-state index contributed by atoms with van der Waals surface area (Å²) < 4.78 is 52.2. The lowest BCUT2D eigenvalue weighted by atomic mass is 10.2. The molecule has 0 aliphatic rings. The summed E-state index contributed by atoms with van der Waals surface area (Å²) in [6, 6.07) is 3.41. The Morgan fingerprint density at radius 3 is 2.45 bits per heavy atom. The summed E-state index contributed by atoms with van der Waals surface area (Å²) in [6.45, 7) is 0. The van der Waals surface area contributed by atoms with E-state index < -0.39 is 17.7 Å². The maximum absolute atomic E-state index is 14.1. The van der Waals surface area contributed by atoms with Gasteiger partial charge in [-0.1, -0.05) is 12.2 Å². The van der Waals surface area contributed by atoms with E-state index in [1.165, 1.54) is 12.1 Å². The van der Waals surface area contributed by atoms with Crippen LogP contribution in [-0.4, -0.2) is 14.8 Å². The Kier molecular flexibility index (Phi) is 3.83. The van der Waals surface area contributed by atoms with Gasteiger partial charge in [0.05, 0.1) is 4.47 Å². The molecule has 0 fully saturated rings.